The molecular formula is C11H10Cl2N2. The Morgan fingerprint density at radius 2 is 2.07 bits per heavy atom. The van der Waals surface area contributed by atoms with Gasteiger partial charge in [-0.25, -0.2) is 4.98 Å². The maximum absolute atomic E-state index is 6.07. The SMILES string of the molecule is Clc1cccc(CCc2c[nH]cn2)c1Cl. The Bertz CT molecular complexity index is 438. The Morgan fingerprint density at radius 1 is 1.20 bits per heavy atom. The number of hydrogen-bond acceptors (Lipinski definition) is 1. The maximum Gasteiger partial charge on any atom is 0.0923 e. The van der Waals surface area contributed by atoms with Crippen molar-refractivity contribution in [3.05, 3.63) is 52.0 Å². The summed E-state index contributed by atoms with van der Waals surface area (Å²) < 4.78 is 0. The predicted molar refractivity (Wildman–Crippen MR) is 62.5 cm³/mol. The number of hydrogen-bond donors (Lipinski definition) is 1. The van der Waals surface area contributed by atoms with Gasteiger partial charge in [0, 0.05) is 6.20 Å². The zero-order chi connectivity index (χ0) is 10.7. The van der Waals surface area contributed by atoms with Gasteiger partial charge in [0.25, 0.3) is 0 Å². The Labute approximate surface area is 98.3 Å². The third kappa shape index (κ3) is 2.52. The first kappa shape index (κ1) is 10.5. The molecule has 1 aromatic heterocycles. The summed E-state index contributed by atoms with van der Waals surface area (Å²) in [7, 11) is 0. The third-order valence-electron chi connectivity index (χ3n) is 2.24. The molecule has 0 aliphatic heterocycles. The van der Waals surface area contributed by atoms with Crippen molar-refractivity contribution in [2.75, 3.05) is 0 Å². The van der Waals surface area contributed by atoms with Gasteiger partial charge in [0.1, 0.15) is 0 Å². The van der Waals surface area contributed by atoms with Gasteiger partial charge in [-0.1, -0.05) is 35.3 Å². The second-order valence-corrected chi connectivity index (χ2v) is 4.06. The van der Waals surface area contributed by atoms with Crippen molar-refractivity contribution >= 4 is 23.2 Å². The summed E-state index contributed by atoms with van der Waals surface area (Å²) in [5.41, 5.74) is 2.10. The molecule has 0 saturated carbocycles. The molecule has 0 aliphatic rings. The summed E-state index contributed by atoms with van der Waals surface area (Å²) in [5.74, 6) is 0. The van der Waals surface area contributed by atoms with Crippen LogP contribution in [0.5, 0.6) is 0 Å². The maximum atomic E-state index is 6.07. The molecule has 1 heterocycles. The lowest BCUT2D eigenvalue weighted by atomic mass is 10.1. The molecule has 0 radical (unpaired) electrons. The lowest BCUT2D eigenvalue weighted by Gasteiger charge is -2.03. The Kier molecular flexibility index (Phi) is 3.29. The van der Waals surface area contributed by atoms with Crippen LogP contribution in [0.1, 0.15) is 11.3 Å². The molecule has 0 bridgehead atoms. The number of aromatic nitrogens is 2. The van der Waals surface area contributed by atoms with Crippen molar-refractivity contribution < 1.29 is 0 Å². The van der Waals surface area contributed by atoms with Gasteiger partial charge in [0.05, 0.1) is 22.1 Å². The summed E-state index contributed by atoms with van der Waals surface area (Å²) in [6.45, 7) is 0. The molecule has 15 heavy (non-hydrogen) atoms. The number of imidazole rings is 1. The number of halogens is 2. The highest BCUT2D eigenvalue weighted by Gasteiger charge is 2.04. The minimum Gasteiger partial charge on any atom is -0.351 e. The van der Waals surface area contributed by atoms with Gasteiger partial charge in [-0.2, -0.15) is 0 Å². The minimum absolute atomic E-state index is 0.608. The fraction of sp³-hybridized carbons (Fsp3) is 0.182. The monoisotopic (exact) mass is 240 g/mol. The van der Waals surface area contributed by atoms with Crippen LogP contribution in [0, 0.1) is 0 Å². The van der Waals surface area contributed by atoms with E-state index < -0.39 is 0 Å². The molecule has 0 atom stereocenters. The topological polar surface area (TPSA) is 28.7 Å². The smallest absolute Gasteiger partial charge is 0.0923 e. The molecule has 0 spiro atoms. The van der Waals surface area contributed by atoms with E-state index in [-0.39, 0.29) is 0 Å². The van der Waals surface area contributed by atoms with Gasteiger partial charge >= 0.3 is 0 Å². The standard InChI is InChI=1S/C11H10Cl2N2/c12-10-3-1-2-8(11(10)13)4-5-9-6-14-7-15-9/h1-3,6-7H,4-5H2,(H,14,15). The van der Waals surface area contributed by atoms with E-state index >= 15 is 0 Å². The Hall–Kier alpha value is -0.990. The van der Waals surface area contributed by atoms with Crippen LogP contribution in [0.4, 0.5) is 0 Å². The van der Waals surface area contributed by atoms with Gasteiger partial charge in [-0.05, 0) is 24.5 Å². The number of nitrogens with one attached hydrogen (secondary N) is 1. The van der Waals surface area contributed by atoms with Crippen molar-refractivity contribution in [3.8, 4) is 0 Å². The van der Waals surface area contributed by atoms with E-state index in [1.807, 2.05) is 18.3 Å². The van der Waals surface area contributed by atoms with Crippen molar-refractivity contribution in [1.29, 1.82) is 0 Å². The van der Waals surface area contributed by atoms with Crippen molar-refractivity contribution in [2.45, 2.75) is 12.8 Å². The number of nitrogens with zero attached hydrogens (tertiary/aromatic N) is 1. The molecule has 0 aliphatic carbocycles. The van der Waals surface area contributed by atoms with Crippen LogP contribution < -0.4 is 0 Å². The van der Waals surface area contributed by atoms with E-state index in [4.69, 9.17) is 23.2 Å². The number of aromatic amines is 1. The van der Waals surface area contributed by atoms with Crippen LogP contribution in [0.2, 0.25) is 10.0 Å². The highest BCUT2D eigenvalue weighted by molar-refractivity contribution is 6.42. The van der Waals surface area contributed by atoms with E-state index in [0.29, 0.717) is 10.0 Å². The van der Waals surface area contributed by atoms with Gasteiger partial charge in [0.2, 0.25) is 0 Å². The average molecular weight is 241 g/mol. The first-order chi connectivity index (χ1) is 7.27. The van der Waals surface area contributed by atoms with Crippen LogP contribution in [0.3, 0.4) is 0 Å². The first-order valence-corrected chi connectivity index (χ1v) is 5.43. The quantitative estimate of drug-likeness (QED) is 0.875. The van der Waals surface area contributed by atoms with Crippen molar-refractivity contribution in [1.82, 2.24) is 9.97 Å². The van der Waals surface area contributed by atoms with Crippen LogP contribution >= 0.6 is 23.2 Å². The fourth-order valence-electron chi connectivity index (χ4n) is 1.43. The van der Waals surface area contributed by atoms with Gasteiger partial charge in [-0.15, -0.1) is 0 Å². The normalized spacial score (nSPS) is 10.5. The molecule has 78 valence electrons. The Morgan fingerprint density at radius 3 is 2.80 bits per heavy atom. The average Bonchev–Trinajstić information content (AvgIpc) is 2.73. The lowest BCUT2D eigenvalue weighted by Crippen LogP contribution is -1.92. The second kappa shape index (κ2) is 4.69. The summed E-state index contributed by atoms with van der Waals surface area (Å²) in [4.78, 5) is 7.07. The first-order valence-electron chi connectivity index (χ1n) is 4.68. The van der Waals surface area contributed by atoms with Gasteiger partial charge < -0.3 is 4.98 Å². The number of benzene rings is 1. The summed E-state index contributed by atoms with van der Waals surface area (Å²) in [6.07, 6.45) is 5.28. The van der Waals surface area contributed by atoms with Gasteiger partial charge in [0.15, 0.2) is 0 Å². The van der Waals surface area contributed by atoms with E-state index in [1.165, 1.54) is 0 Å². The zero-order valence-corrected chi connectivity index (χ0v) is 9.52. The van der Waals surface area contributed by atoms with E-state index in [9.17, 15) is 0 Å². The minimum atomic E-state index is 0.608. The molecule has 2 nitrogen and oxygen atoms in total. The summed E-state index contributed by atoms with van der Waals surface area (Å²) in [6, 6.07) is 5.69. The second-order valence-electron chi connectivity index (χ2n) is 3.27. The van der Waals surface area contributed by atoms with Gasteiger partial charge in [-0.3, -0.25) is 0 Å². The predicted octanol–water partition coefficient (Wildman–Crippen LogP) is 3.50. The molecule has 1 aromatic carbocycles. The number of aryl methyl sites for hydroxylation is 2. The largest absolute Gasteiger partial charge is 0.351 e. The van der Waals surface area contributed by atoms with Crippen LogP contribution in [0.25, 0.3) is 0 Å². The highest BCUT2D eigenvalue weighted by Crippen LogP contribution is 2.26. The van der Waals surface area contributed by atoms with Crippen molar-refractivity contribution in [2.24, 2.45) is 0 Å². The summed E-state index contributed by atoms with van der Waals surface area (Å²) in [5, 5.41) is 1.26. The molecule has 2 aromatic rings. The molecule has 4 heteroatoms. The van der Waals surface area contributed by atoms with Crippen molar-refractivity contribution in [3.63, 3.8) is 0 Å². The molecular weight excluding hydrogens is 231 g/mol. The molecule has 0 fully saturated rings. The third-order valence-corrected chi connectivity index (χ3v) is 3.09. The van der Waals surface area contributed by atoms with Crippen LogP contribution in [0.15, 0.2) is 30.7 Å². The van der Waals surface area contributed by atoms with E-state index in [2.05, 4.69) is 9.97 Å². The zero-order valence-electron chi connectivity index (χ0n) is 8.00. The molecule has 0 saturated heterocycles. The fourth-order valence-corrected chi connectivity index (χ4v) is 1.85. The van der Waals surface area contributed by atoms with Crippen LogP contribution in [-0.4, -0.2) is 9.97 Å². The highest BCUT2D eigenvalue weighted by atomic mass is 35.5. The number of H-pyrrole nitrogens is 1. The molecule has 2 rings (SSSR count). The van der Waals surface area contributed by atoms with Crippen LogP contribution in [-0.2, 0) is 12.8 Å². The molecule has 0 unspecified atom stereocenters. The molecule has 0 amide bonds. The summed E-state index contributed by atoms with van der Waals surface area (Å²) >= 11 is 12.0. The number of rotatable bonds is 3. The lowest BCUT2D eigenvalue weighted by molar-refractivity contribution is 0.926. The molecule has 1 N–H and O–H groups in total. The van der Waals surface area contributed by atoms with E-state index in [1.54, 1.807) is 12.4 Å². The van der Waals surface area contributed by atoms with E-state index in [0.717, 1.165) is 24.1 Å². The Balaban J connectivity index is 2.08.